The number of carbonyl (C=O) groups is 2. The molecule has 0 aliphatic heterocycles. The minimum absolute atomic E-state index is 0.0158. The summed E-state index contributed by atoms with van der Waals surface area (Å²) in [5.74, 6) is -0.698. The van der Waals surface area contributed by atoms with Crippen LogP contribution in [0.2, 0.25) is 0 Å². The summed E-state index contributed by atoms with van der Waals surface area (Å²) in [5.41, 5.74) is 1.46. The maximum absolute atomic E-state index is 12.4. The number of Topliss-reactive ketones (excluding diaryl/α,β-unsaturated/α-hetero) is 1. The summed E-state index contributed by atoms with van der Waals surface area (Å²) in [6.07, 6.45) is 0. The van der Waals surface area contributed by atoms with Gasteiger partial charge in [-0.3, -0.25) is 9.59 Å². The molecule has 0 saturated heterocycles. The summed E-state index contributed by atoms with van der Waals surface area (Å²) in [4.78, 5) is 24.4. The molecular weight excluding hydrogens is 406 g/mol. The highest BCUT2D eigenvalue weighted by Crippen LogP contribution is 2.22. The lowest BCUT2D eigenvalue weighted by molar-refractivity contribution is -0.144. The van der Waals surface area contributed by atoms with E-state index in [0.717, 1.165) is 5.56 Å². The quantitative estimate of drug-likeness (QED) is 0.507. The second-order valence-corrected chi connectivity index (χ2v) is 9.59. The SMILES string of the molecule is COc1ccc(S(=O)(=O)NC(C)C(=O)OCC(=O)c2ccc(C(C)(C)C)cc2)cc1. The Morgan fingerprint density at radius 1 is 1.00 bits per heavy atom. The van der Waals surface area contributed by atoms with Gasteiger partial charge in [0.2, 0.25) is 10.0 Å². The Bertz CT molecular complexity index is 989. The maximum atomic E-state index is 12.4. The predicted octanol–water partition coefficient (Wildman–Crippen LogP) is 3.09. The van der Waals surface area contributed by atoms with Crippen molar-refractivity contribution in [1.29, 1.82) is 0 Å². The van der Waals surface area contributed by atoms with Crippen molar-refractivity contribution in [3.05, 3.63) is 59.7 Å². The molecule has 0 bridgehead atoms. The van der Waals surface area contributed by atoms with Crippen LogP contribution in [0.3, 0.4) is 0 Å². The Hall–Kier alpha value is -2.71. The minimum atomic E-state index is -3.93. The largest absolute Gasteiger partial charge is 0.497 e. The first kappa shape index (κ1) is 23.6. The molecule has 0 spiro atoms. The van der Waals surface area contributed by atoms with Crippen molar-refractivity contribution in [2.75, 3.05) is 13.7 Å². The molecule has 0 amide bonds. The molecule has 0 aliphatic carbocycles. The van der Waals surface area contributed by atoms with Crippen molar-refractivity contribution in [2.24, 2.45) is 0 Å². The van der Waals surface area contributed by atoms with Crippen LogP contribution in [-0.2, 0) is 25.0 Å². The number of esters is 1. The number of hydrogen-bond donors (Lipinski definition) is 1. The highest BCUT2D eigenvalue weighted by molar-refractivity contribution is 7.89. The molecule has 7 nitrogen and oxygen atoms in total. The molecular formula is C22H27NO6S. The second-order valence-electron chi connectivity index (χ2n) is 7.88. The van der Waals surface area contributed by atoms with Gasteiger partial charge in [0, 0.05) is 5.56 Å². The lowest BCUT2D eigenvalue weighted by Crippen LogP contribution is -2.40. The van der Waals surface area contributed by atoms with Crippen molar-refractivity contribution >= 4 is 21.8 Å². The van der Waals surface area contributed by atoms with Crippen molar-refractivity contribution in [3.63, 3.8) is 0 Å². The van der Waals surface area contributed by atoms with E-state index in [4.69, 9.17) is 9.47 Å². The van der Waals surface area contributed by atoms with Gasteiger partial charge in [-0.05, 0) is 42.2 Å². The summed E-state index contributed by atoms with van der Waals surface area (Å²) in [5, 5.41) is 0. The van der Waals surface area contributed by atoms with E-state index >= 15 is 0 Å². The van der Waals surface area contributed by atoms with E-state index in [1.807, 2.05) is 12.1 Å². The highest BCUT2D eigenvalue weighted by Gasteiger charge is 2.24. The van der Waals surface area contributed by atoms with Gasteiger partial charge in [0.25, 0.3) is 0 Å². The normalized spacial score (nSPS) is 12.8. The number of benzene rings is 2. The smallest absolute Gasteiger partial charge is 0.324 e. The van der Waals surface area contributed by atoms with E-state index < -0.39 is 28.6 Å². The van der Waals surface area contributed by atoms with Gasteiger partial charge in [-0.2, -0.15) is 4.72 Å². The molecule has 0 heterocycles. The molecule has 2 aromatic carbocycles. The van der Waals surface area contributed by atoms with Gasteiger partial charge in [0.1, 0.15) is 11.8 Å². The van der Waals surface area contributed by atoms with E-state index in [9.17, 15) is 18.0 Å². The zero-order valence-corrected chi connectivity index (χ0v) is 18.6. The third-order valence-electron chi connectivity index (χ3n) is 4.47. The van der Waals surface area contributed by atoms with Crippen LogP contribution in [0.25, 0.3) is 0 Å². The summed E-state index contributed by atoms with van der Waals surface area (Å²) in [7, 11) is -2.46. The number of rotatable bonds is 8. The van der Waals surface area contributed by atoms with Crippen LogP contribution in [0, 0.1) is 0 Å². The zero-order chi connectivity index (χ0) is 22.5. The van der Waals surface area contributed by atoms with Crippen LogP contribution in [0.1, 0.15) is 43.6 Å². The van der Waals surface area contributed by atoms with E-state index in [-0.39, 0.29) is 16.1 Å². The van der Waals surface area contributed by atoms with Gasteiger partial charge in [-0.25, -0.2) is 8.42 Å². The number of hydrogen-bond acceptors (Lipinski definition) is 6. The molecule has 2 aromatic rings. The van der Waals surface area contributed by atoms with Crippen LogP contribution in [0.5, 0.6) is 5.75 Å². The molecule has 0 radical (unpaired) electrons. The van der Waals surface area contributed by atoms with Crippen molar-refractivity contribution in [1.82, 2.24) is 4.72 Å². The maximum Gasteiger partial charge on any atom is 0.324 e. The molecule has 1 unspecified atom stereocenters. The molecule has 0 saturated carbocycles. The molecule has 2 rings (SSSR count). The number of sulfonamides is 1. The highest BCUT2D eigenvalue weighted by atomic mass is 32.2. The second kappa shape index (κ2) is 9.40. The molecule has 162 valence electrons. The fourth-order valence-electron chi connectivity index (χ4n) is 2.60. The first-order chi connectivity index (χ1) is 13.9. The van der Waals surface area contributed by atoms with E-state index in [1.165, 1.54) is 38.3 Å². The Morgan fingerprint density at radius 2 is 1.57 bits per heavy atom. The molecule has 30 heavy (non-hydrogen) atoms. The van der Waals surface area contributed by atoms with Crippen molar-refractivity contribution in [2.45, 2.75) is 44.0 Å². The first-order valence-electron chi connectivity index (χ1n) is 9.41. The molecule has 1 atom stereocenters. The number of ether oxygens (including phenoxy) is 2. The predicted molar refractivity (Wildman–Crippen MR) is 113 cm³/mol. The van der Waals surface area contributed by atoms with Gasteiger partial charge in [-0.15, -0.1) is 0 Å². The molecule has 0 aromatic heterocycles. The Morgan fingerprint density at radius 3 is 2.07 bits per heavy atom. The molecule has 0 aliphatic rings. The van der Waals surface area contributed by atoms with E-state index in [0.29, 0.717) is 11.3 Å². The van der Waals surface area contributed by atoms with Gasteiger partial charge < -0.3 is 9.47 Å². The Labute approximate surface area is 177 Å². The molecule has 8 heteroatoms. The Kier molecular flexibility index (Phi) is 7.39. The summed E-state index contributed by atoms with van der Waals surface area (Å²) < 4.78 is 37.0. The number of ketones is 1. The van der Waals surface area contributed by atoms with Crippen LogP contribution in [0.15, 0.2) is 53.4 Å². The summed E-state index contributed by atoms with van der Waals surface area (Å²) >= 11 is 0. The van der Waals surface area contributed by atoms with Crippen LogP contribution >= 0.6 is 0 Å². The average Bonchev–Trinajstić information content (AvgIpc) is 2.70. The number of carbonyl (C=O) groups excluding carboxylic acids is 2. The average molecular weight is 434 g/mol. The van der Waals surface area contributed by atoms with E-state index in [1.54, 1.807) is 12.1 Å². The molecule has 0 fully saturated rings. The lowest BCUT2D eigenvalue weighted by Gasteiger charge is -2.19. The monoisotopic (exact) mass is 433 g/mol. The standard InChI is InChI=1S/C22H27NO6S/c1-15(23-30(26,27)19-12-10-18(28-5)11-13-19)21(25)29-14-20(24)16-6-8-17(9-7-16)22(2,3)4/h6-13,15,23H,14H2,1-5H3. The van der Waals surface area contributed by atoms with Gasteiger partial charge in [0.05, 0.1) is 12.0 Å². The first-order valence-corrected chi connectivity index (χ1v) is 10.9. The number of methoxy groups -OCH3 is 1. The van der Waals surface area contributed by atoms with Crippen LogP contribution < -0.4 is 9.46 Å². The van der Waals surface area contributed by atoms with Gasteiger partial charge >= 0.3 is 5.97 Å². The third-order valence-corrected chi connectivity index (χ3v) is 6.03. The Balaban J connectivity index is 1.94. The fraction of sp³-hybridized carbons (Fsp3) is 0.364. The zero-order valence-electron chi connectivity index (χ0n) is 17.8. The van der Waals surface area contributed by atoms with Gasteiger partial charge in [-0.1, -0.05) is 45.0 Å². The van der Waals surface area contributed by atoms with E-state index in [2.05, 4.69) is 25.5 Å². The molecule has 1 N–H and O–H groups in total. The number of nitrogens with one attached hydrogen (secondary N) is 1. The summed E-state index contributed by atoms with van der Waals surface area (Å²) in [6, 6.07) is 11.7. The topological polar surface area (TPSA) is 98.8 Å². The van der Waals surface area contributed by atoms with Crippen molar-refractivity contribution in [3.8, 4) is 5.75 Å². The van der Waals surface area contributed by atoms with Crippen molar-refractivity contribution < 1.29 is 27.5 Å². The third kappa shape index (κ3) is 6.14. The van der Waals surface area contributed by atoms with Crippen LogP contribution in [-0.4, -0.2) is 39.9 Å². The van der Waals surface area contributed by atoms with Crippen LogP contribution in [0.4, 0.5) is 0 Å². The fourth-order valence-corrected chi connectivity index (χ4v) is 3.80. The summed E-state index contributed by atoms with van der Waals surface area (Å²) in [6.45, 7) is 7.09. The lowest BCUT2D eigenvalue weighted by atomic mass is 9.86. The minimum Gasteiger partial charge on any atom is -0.497 e. The van der Waals surface area contributed by atoms with Gasteiger partial charge in [0.15, 0.2) is 12.4 Å².